The maximum atomic E-state index is 9.49. The summed E-state index contributed by atoms with van der Waals surface area (Å²) >= 11 is 3.08. The van der Waals surface area contributed by atoms with E-state index in [-0.39, 0.29) is 5.75 Å². The lowest BCUT2D eigenvalue weighted by molar-refractivity contribution is 0.372. The van der Waals surface area contributed by atoms with E-state index >= 15 is 0 Å². The monoisotopic (exact) mass is 325 g/mol. The quantitative estimate of drug-likeness (QED) is 0.568. The minimum atomic E-state index is 0.180. The standard InChI is InChI=1S/C15H20BrNO2/c1-19-15-11-13(7-8-14(15)18)12-17-10-6-4-2-3-5-9-16/h7-8,11,17-18H,2-4,6,10,12H2,1H3. The zero-order valence-electron chi connectivity index (χ0n) is 11.2. The van der Waals surface area contributed by atoms with Crippen LogP contribution in [0.2, 0.25) is 0 Å². The molecule has 0 heterocycles. The maximum absolute atomic E-state index is 9.49. The molecule has 1 rings (SSSR count). The van der Waals surface area contributed by atoms with E-state index in [1.165, 1.54) is 6.42 Å². The van der Waals surface area contributed by atoms with E-state index in [2.05, 4.69) is 32.0 Å². The molecule has 0 saturated heterocycles. The SMILES string of the molecule is COc1cc(CNCCCCCC#CBr)ccc1O. The van der Waals surface area contributed by atoms with Crippen LogP contribution in [0.15, 0.2) is 18.2 Å². The summed E-state index contributed by atoms with van der Waals surface area (Å²) in [6.07, 6.45) is 4.44. The molecule has 0 aliphatic carbocycles. The number of unbranched alkanes of at least 4 members (excludes halogenated alkanes) is 3. The van der Waals surface area contributed by atoms with Gasteiger partial charge in [-0.1, -0.05) is 18.4 Å². The fourth-order valence-electron chi connectivity index (χ4n) is 1.75. The van der Waals surface area contributed by atoms with Gasteiger partial charge in [0.2, 0.25) is 0 Å². The summed E-state index contributed by atoms with van der Waals surface area (Å²) in [4.78, 5) is 2.72. The van der Waals surface area contributed by atoms with Crippen molar-refractivity contribution < 1.29 is 9.84 Å². The van der Waals surface area contributed by atoms with Crippen LogP contribution in [0.5, 0.6) is 11.5 Å². The van der Waals surface area contributed by atoms with Crippen molar-refractivity contribution in [3.8, 4) is 22.2 Å². The average molecular weight is 326 g/mol. The second-order valence-electron chi connectivity index (χ2n) is 4.26. The Kier molecular flexibility index (Phi) is 8.11. The normalized spacial score (nSPS) is 9.79. The van der Waals surface area contributed by atoms with E-state index in [1.54, 1.807) is 13.2 Å². The van der Waals surface area contributed by atoms with Crippen LogP contribution in [0.3, 0.4) is 0 Å². The molecule has 0 aromatic heterocycles. The van der Waals surface area contributed by atoms with Crippen LogP contribution in [0.4, 0.5) is 0 Å². The molecule has 0 aliphatic heterocycles. The van der Waals surface area contributed by atoms with Gasteiger partial charge in [0.15, 0.2) is 11.5 Å². The Morgan fingerprint density at radius 1 is 1.32 bits per heavy atom. The van der Waals surface area contributed by atoms with Gasteiger partial charge in [0, 0.05) is 28.9 Å². The van der Waals surface area contributed by atoms with Crippen molar-refractivity contribution in [3.63, 3.8) is 0 Å². The van der Waals surface area contributed by atoms with Gasteiger partial charge in [-0.2, -0.15) is 0 Å². The van der Waals surface area contributed by atoms with Crippen LogP contribution in [-0.4, -0.2) is 18.8 Å². The molecule has 0 aliphatic rings. The molecular formula is C15H20BrNO2. The molecule has 0 spiro atoms. The Balaban J connectivity index is 2.16. The molecule has 104 valence electrons. The zero-order valence-corrected chi connectivity index (χ0v) is 12.8. The molecule has 0 amide bonds. The fraction of sp³-hybridized carbons (Fsp3) is 0.467. The number of aromatic hydroxyl groups is 1. The number of rotatable bonds is 8. The maximum Gasteiger partial charge on any atom is 0.160 e. The zero-order chi connectivity index (χ0) is 13.9. The van der Waals surface area contributed by atoms with Crippen molar-refractivity contribution >= 4 is 15.9 Å². The molecule has 0 unspecified atom stereocenters. The fourth-order valence-corrected chi connectivity index (χ4v) is 1.95. The smallest absolute Gasteiger partial charge is 0.160 e. The van der Waals surface area contributed by atoms with Crippen molar-refractivity contribution in [3.05, 3.63) is 23.8 Å². The van der Waals surface area contributed by atoms with Crippen molar-refractivity contribution in [1.82, 2.24) is 5.32 Å². The molecule has 4 heteroatoms. The second-order valence-corrected chi connectivity index (χ2v) is 4.66. The largest absolute Gasteiger partial charge is 0.504 e. The topological polar surface area (TPSA) is 41.5 Å². The summed E-state index contributed by atoms with van der Waals surface area (Å²) in [6, 6.07) is 5.42. The summed E-state index contributed by atoms with van der Waals surface area (Å²) < 4.78 is 5.07. The van der Waals surface area contributed by atoms with Gasteiger partial charge in [-0.25, -0.2) is 0 Å². The van der Waals surface area contributed by atoms with Gasteiger partial charge in [0.1, 0.15) is 0 Å². The van der Waals surface area contributed by atoms with E-state index < -0.39 is 0 Å². The minimum absolute atomic E-state index is 0.180. The Hall–Kier alpha value is -1.18. The molecule has 0 fully saturated rings. The molecule has 1 aromatic rings. The van der Waals surface area contributed by atoms with E-state index in [4.69, 9.17) is 4.74 Å². The lowest BCUT2D eigenvalue weighted by Gasteiger charge is -2.08. The first kappa shape index (κ1) is 15.9. The van der Waals surface area contributed by atoms with Crippen molar-refractivity contribution in [1.29, 1.82) is 0 Å². The number of hydrogen-bond acceptors (Lipinski definition) is 3. The number of ether oxygens (including phenoxy) is 1. The average Bonchev–Trinajstić information content (AvgIpc) is 2.43. The third-order valence-electron chi connectivity index (χ3n) is 2.80. The molecular weight excluding hydrogens is 306 g/mol. The number of hydrogen-bond donors (Lipinski definition) is 2. The Labute approximate surface area is 123 Å². The molecule has 0 saturated carbocycles. The summed E-state index contributed by atoms with van der Waals surface area (Å²) in [5.74, 6) is 3.69. The van der Waals surface area contributed by atoms with E-state index in [1.807, 2.05) is 12.1 Å². The third-order valence-corrected chi connectivity index (χ3v) is 3.08. The summed E-state index contributed by atoms with van der Waals surface area (Å²) in [6.45, 7) is 1.78. The van der Waals surface area contributed by atoms with Crippen LogP contribution in [0.25, 0.3) is 0 Å². The van der Waals surface area contributed by atoms with Gasteiger partial charge in [0.05, 0.1) is 7.11 Å². The number of methoxy groups -OCH3 is 1. The molecule has 2 N–H and O–H groups in total. The van der Waals surface area contributed by atoms with Crippen molar-refractivity contribution in [2.75, 3.05) is 13.7 Å². The molecule has 3 nitrogen and oxygen atoms in total. The van der Waals surface area contributed by atoms with Crippen LogP contribution in [0.1, 0.15) is 31.2 Å². The number of benzene rings is 1. The van der Waals surface area contributed by atoms with Crippen LogP contribution in [0, 0.1) is 10.8 Å². The predicted octanol–water partition coefficient (Wildman–Crippen LogP) is 3.41. The molecule has 0 bridgehead atoms. The highest BCUT2D eigenvalue weighted by atomic mass is 79.9. The minimum Gasteiger partial charge on any atom is -0.504 e. The summed E-state index contributed by atoms with van der Waals surface area (Å²) in [7, 11) is 1.56. The van der Waals surface area contributed by atoms with Crippen molar-refractivity contribution in [2.45, 2.75) is 32.2 Å². The number of nitrogens with one attached hydrogen (secondary N) is 1. The van der Waals surface area contributed by atoms with E-state index in [0.717, 1.165) is 37.9 Å². The van der Waals surface area contributed by atoms with Crippen molar-refractivity contribution in [2.24, 2.45) is 0 Å². The second kappa shape index (κ2) is 9.71. The van der Waals surface area contributed by atoms with Gasteiger partial charge in [0.25, 0.3) is 0 Å². The number of phenolic OH excluding ortho intramolecular Hbond substituents is 1. The van der Waals surface area contributed by atoms with E-state index in [0.29, 0.717) is 5.75 Å². The van der Waals surface area contributed by atoms with Gasteiger partial charge in [-0.3, -0.25) is 0 Å². The number of phenols is 1. The van der Waals surface area contributed by atoms with Gasteiger partial charge < -0.3 is 15.2 Å². The highest BCUT2D eigenvalue weighted by molar-refractivity contribution is 9.12. The lowest BCUT2D eigenvalue weighted by Crippen LogP contribution is -2.14. The Bertz CT molecular complexity index is 438. The number of halogens is 1. The van der Waals surface area contributed by atoms with Gasteiger partial charge >= 0.3 is 0 Å². The summed E-state index contributed by atoms with van der Waals surface area (Å²) in [5, 5.41) is 12.9. The Morgan fingerprint density at radius 2 is 2.16 bits per heavy atom. The highest BCUT2D eigenvalue weighted by Crippen LogP contribution is 2.26. The van der Waals surface area contributed by atoms with Gasteiger partial charge in [-0.15, -0.1) is 0 Å². The molecule has 0 atom stereocenters. The van der Waals surface area contributed by atoms with E-state index in [9.17, 15) is 5.11 Å². The lowest BCUT2D eigenvalue weighted by atomic mass is 10.2. The molecule has 1 aromatic carbocycles. The first-order valence-corrected chi connectivity index (χ1v) is 7.22. The van der Waals surface area contributed by atoms with Gasteiger partial charge in [-0.05, 0) is 41.9 Å². The molecule has 0 radical (unpaired) electrons. The summed E-state index contributed by atoms with van der Waals surface area (Å²) in [5.41, 5.74) is 1.11. The Morgan fingerprint density at radius 3 is 2.89 bits per heavy atom. The first-order valence-electron chi connectivity index (χ1n) is 6.43. The van der Waals surface area contributed by atoms with Crippen LogP contribution in [-0.2, 0) is 6.54 Å². The predicted molar refractivity (Wildman–Crippen MR) is 81.5 cm³/mol. The van der Waals surface area contributed by atoms with Crippen LogP contribution >= 0.6 is 15.9 Å². The third kappa shape index (κ3) is 6.51. The molecule has 19 heavy (non-hydrogen) atoms. The van der Waals surface area contributed by atoms with Crippen LogP contribution < -0.4 is 10.1 Å². The first-order chi connectivity index (χ1) is 9.27. The highest BCUT2D eigenvalue weighted by Gasteiger charge is 2.01.